The van der Waals surface area contributed by atoms with E-state index in [9.17, 15) is 15.0 Å². The molecule has 0 heterocycles. The summed E-state index contributed by atoms with van der Waals surface area (Å²) < 4.78 is 0. The SMILES string of the molecule is O=C(O)c1cccc(Cl)c1C(O)C(O)CS. The molecule has 0 bridgehead atoms. The zero-order valence-corrected chi connectivity index (χ0v) is 9.82. The second kappa shape index (κ2) is 5.54. The van der Waals surface area contributed by atoms with Gasteiger partial charge in [-0.1, -0.05) is 17.7 Å². The molecule has 0 radical (unpaired) electrons. The highest BCUT2D eigenvalue weighted by atomic mass is 35.5. The van der Waals surface area contributed by atoms with Crippen LogP contribution < -0.4 is 0 Å². The fourth-order valence-electron chi connectivity index (χ4n) is 1.32. The third-order valence-electron chi connectivity index (χ3n) is 2.13. The van der Waals surface area contributed by atoms with Crippen LogP contribution in [0, 0.1) is 0 Å². The lowest BCUT2D eigenvalue weighted by molar-refractivity contribution is 0.0323. The summed E-state index contributed by atoms with van der Waals surface area (Å²) in [6.45, 7) is 0. The molecule has 0 saturated heterocycles. The summed E-state index contributed by atoms with van der Waals surface area (Å²) in [6, 6.07) is 4.24. The van der Waals surface area contributed by atoms with Gasteiger partial charge in [-0.15, -0.1) is 0 Å². The van der Waals surface area contributed by atoms with E-state index in [1.807, 2.05) is 0 Å². The molecule has 6 heteroatoms. The molecule has 0 amide bonds. The number of hydrogen-bond donors (Lipinski definition) is 4. The van der Waals surface area contributed by atoms with E-state index >= 15 is 0 Å². The predicted molar refractivity (Wildman–Crippen MR) is 63.2 cm³/mol. The lowest BCUT2D eigenvalue weighted by Crippen LogP contribution is -2.22. The van der Waals surface area contributed by atoms with Crippen LogP contribution in [0.2, 0.25) is 5.02 Å². The largest absolute Gasteiger partial charge is 0.478 e. The molecule has 88 valence electrons. The number of carboxylic acids is 1. The van der Waals surface area contributed by atoms with Crippen molar-refractivity contribution in [1.29, 1.82) is 0 Å². The lowest BCUT2D eigenvalue weighted by atomic mass is 9.99. The Bertz CT molecular complexity index is 396. The minimum absolute atomic E-state index is 0.00541. The Balaban J connectivity index is 3.24. The van der Waals surface area contributed by atoms with Gasteiger partial charge < -0.3 is 15.3 Å². The quantitative estimate of drug-likeness (QED) is 0.618. The fraction of sp³-hybridized carbons (Fsp3) is 0.300. The Morgan fingerprint density at radius 3 is 2.56 bits per heavy atom. The standard InChI is InChI=1S/C10H11ClO4S/c11-6-3-1-2-5(10(14)15)8(6)9(13)7(12)4-16/h1-3,7,9,12-13,16H,4H2,(H,14,15). The normalized spacial score (nSPS) is 14.5. The van der Waals surface area contributed by atoms with Gasteiger partial charge in [-0.2, -0.15) is 12.6 Å². The monoisotopic (exact) mass is 262 g/mol. The number of benzene rings is 1. The molecule has 1 rings (SSSR count). The van der Waals surface area contributed by atoms with Gasteiger partial charge in [-0.25, -0.2) is 4.79 Å². The van der Waals surface area contributed by atoms with E-state index in [4.69, 9.17) is 16.7 Å². The van der Waals surface area contributed by atoms with E-state index in [1.54, 1.807) is 0 Å². The second-order valence-electron chi connectivity index (χ2n) is 3.20. The number of aromatic carboxylic acids is 1. The first kappa shape index (κ1) is 13.3. The summed E-state index contributed by atoms with van der Waals surface area (Å²) in [5.74, 6) is -1.20. The maximum atomic E-state index is 10.9. The highest BCUT2D eigenvalue weighted by molar-refractivity contribution is 7.80. The Kier molecular flexibility index (Phi) is 4.61. The van der Waals surface area contributed by atoms with E-state index in [1.165, 1.54) is 18.2 Å². The van der Waals surface area contributed by atoms with Gasteiger partial charge in [0.15, 0.2) is 0 Å². The molecule has 0 fully saturated rings. The van der Waals surface area contributed by atoms with Gasteiger partial charge in [-0.05, 0) is 12.1 Å². The summed E-state index contributed by atoms with van der Waals surface area (Å²) in [5.41, 5.74) is -0.112. The third-order valence-corrected chi connectivity index (χ3v) is 2.83. The minimum Gasteiger partial charge on any atom is -0.478 e. The van der Waals surface area contributed by atoms with Crippen LogP contribution in [-0.2, 0) is 0 Å². The van der Waals surface area contributed by atoms with Crippen molar-refractivity contribution in [2.24, 2.45) is 0 Å². The highest BCUT2D eigenvalue weighted by Gasteiger charge is 2.25. The number of rotatable bonds is 4. The Hall–Kier alpha value is -0.750. The molecule has 1 aromatic carbocycles. The van der Waals surface area contributed by atoms with E-state index in [0.29, 0.717) is 0 Å². The van der Waals surface area contributed by atoms with Crippen LogP contribution in [0.1, 0.15) is 22.0 Å². The van der Waals surface area contributed by atoms with Crippen molar-refractivity contribution in [2.45, 2.75) is 12.2 Å². The number of carboxylic acid groups (broad SMARTS) is 1. The van der Waals surface area contributed by atoms with Crippen LogP contribution in [0.4, 0.5) is 0 Å². The molecule has 0 aliphatic rings. The van der Waals surface area contributed by atoms with Gasteiger partial charge >= 0.3 is 5.97 Å². The number of halogens is 1. The summed E-state index contributed by atoms with van der Waals surface area (Å²) in [5, 5.41) is 28.2. The van der Waals surface area contributed by atoms with Gasteiger partial charge in [0.05, 0.1) is 11.7 Å². The second-order valence-corrected chi connectivity index (χ2v) is 3.97. The smallest absolute Gasteiger partial charge is 0.336 e. The van der Waals surface area contributed by atoms with E-state index in [0.717, 1.165) is 0 Å². The maximum Gasteiger partial charge on any atom is 0.336 e. The number of thiol groups is 1. The van der Waals surface area contributed by atoms with Gasteiger partial charge in [-0.3, -0.25) is 0 Å². The predicted octanol–water partition coefficient (Wildman–Crippen LogP) is 1.36. The average molecular weight is 263 g/mol. The summed E-state index contributed by atoms with van der Waals surface area (Å²) in [6.07, 6.45) is -2.53. The number of aliphatic hydroxyl groups is 2. The Morgan fingerprint density at radius 1 is 1.44 bits per heavy atom. The van der Waals surface area contributed by atoms with Crippen molar-refractivity contribution in [3.8, 4) is 0 Å². The molecular formula is C10H11ClO4S. The van der Waals surface area contributed by atoms with Crippen molar-refractivity contribution in [3.63, 3.8) is 0 Å². The summed E-state index contributed by atoms with van der Waals surface area (Å²) in [4.78, 5) is 10.9. The van der Waals surface area contributed by atoms with Crippen molar-refractivity contribution in [3.05, 3.63) is 34.3 Å². The minimum atomic E-state index is -1.36. The van der Waals surface area contributed by atoms with E-state index in [-0.39, 0.29) is 21.9 Å². The first-order valence-electron chi connectivity index (χ1n) is 4.47. The average Bonchev–Trinajstić information content (AvgIpc) is 2.26. The van der Waals surface area contributed by atoms with E-state index in [2.05, 4.69) is 12.6 Å². The molecule has 4 nitrogen and oxygen atoms in total. The molecule has 16 heavy (non-hydrogen) atoms. The van der Waals surface area contributed by atoms with Crippen molar-refractivity contribution in [1.82, 2.24) is 0 Å². The van der Waals surface area contributed by atoms with Crippen molar-refractivity contribution < 1.29 is 20.1 Å². The molecular weight excluding hydrogens is 252 g/mol. The Morgan fingerprint density at radius 2 is 2.06 bits per heavy atom. The summed E-state index contributed by atoms with van der Waals surface area (Å²) in [7, 11) is 0. The molecule has 0 saturated carbocycles. The van der Waals surface area contributed by atoms with Crippen LogP contribution in [0.15, 0.2) is 18.2 Å². The maximum absolute atomic E-state index is 10.9. The number of carbonyl (C=O) groups is 1. The molecule has 0 aliphatic carbocycles. The molecule has 2 unspecified atom stereocenters. The van der Waals surface area contributed by atoms with Gasteiger partial charge in [0, 0.05) is 16.3 Å². The van der Waals surface area contributed by atoms with Crippen molar-refractivity contribution in [2.75, 3.05) is 5.75 Å². The lowest BCUT2D eigenvalue weighted by Gasteiger charge is -2.19. The molecule has 2 atom stereocenters. The number of aliphatic hydroxyl groups excluding tert-OH is 2. The molecule has 0 aromatic heterocycles. The number of hydrogen-bond acceptors (Lipinski definition) is 4. The first-order chi connectivity index (χ1) is 7.49. The fourth-order valence-corrected chi connectivity index (χ4v) is 1.80. The molecule has 0 spiro atoms. The molecule has 1 aromatic rings. The topological polar surface area (TPSA) is 77.8 Å². The van der Waals surface area contributed by atoms with Crippen LogP contribution in [0.5, 0.6) is 0 Å². The highest BCUT2D eigenvalue weighted by Crippen LogP contribution is 2.29. The van der Waals surface area contributed by atoms with Gasteiger partial charge in [0.1, 0.15) is 6.10 Å². The summed E-state index contributed by atoms with van der Waals surface area (Å²) >= 11 is 9.63. The van der Waals surface area contributed by atoms with Crippen LogP contribution in [0.3, 0.4) is 0 Å². The van der Waals surface area contributed by atoms with Crippen LogP contribution in [-0.4, -0.2) is 33.1 Å². The zero-order chi connectivity index (χ0) is 12.3. The Labute approximate surface area is 103 Å². The first-order valence-corrected chi connectivity index (χ1v) is 5.48. The molecule has 0 aliphatic heterocycles. The van der Waals surface area contributed by atoms with Crippen LogP contribution in [0.25, 0.3) is 0 Å². The zero-order valence-electron chi connectivity index (χ0n) is 8.17. The van der Waals surface area contributed by atoms with Crippen LogP contribution >= 0.6 is 24.2 Å². The van der Waals surface area contributed by atoms with Gasteiger partial charge in [0.2, 0.25) is 0 Å². The molecule has 3 N–H and O–H groups in total. The third kappa shape index (κ3) is 2.68. The van der Waals surface area contributed by atoms with Crippen molar-refractivity contribution >= 4 is 30.2 Å². The van der Waals surface area contributed by atoms with Gasteiger partial charge in [0.25, 0.3) is 0 Å². The van der Waals surface area contributed by atoms with E-state index < -0.39 is 18.2 Å².